The summed E-state index contributed by atoms with van der Waals surface area (Å²) < 4.78 is 0. The molecular formula is C18H23N5O2. The number of pyridine rings is 1. The van der Waals surface area contributed by atoms with Gasteiger partial charge in [-0.25, -0.2) is 4.98 Å². The van der Waals surface area contributed by atoms with E-state index in [1.807, 2.05) is 18.0 Å². The Bertz CT molecular complexity index is 680. The molecule has 2 amide bonds. The minimum Gasteiger partial charge on any atom is -0.338 e. The Hall–Kier alpha value is -2.46. The monoisotopic (exact) mass is 341 g/mol. The molecule has 1 saturated carbocycles. The third kappa shape index (κ3) is 3.64. The van der Waals surface area contributed by atoms with Crippen LogP contribution in [0.2, 0.25) is 0 Å². The van der Waals surface area contributed by atoms with E-state index in [9.17, 15) is 9.59 Å². The number of amides is 2. The van der Waals surface area contributed by atoms with Crippen LogP contribution in [0.3, 0.4) is 0 Å². The topological polar surface area (TPSA) is 89.3 Å². The molecule has 3 rings (SSSR count). The van der Waals surface area contributed by atoms with Gasteiger partial charge in [0.15, 0.2) is 0 Å². The predicted octanol–water partition coefficient (Wildman–Crippen LogP) is 0.770. The fourth-order valence-corrected chi connectivity index (χ4v) is 3.56. The molecule has 7 nitrogen and oxygen atoms in total. The zero-order chi connectivity index (χ0) is 17.9. The first kappa shape index (κ1) is 17.4. The van der Waals surface area contributed by atoms with Crippen molar-refractivity contribution in [1.29, 1.82) is 5.26 Å². The van der Waals surface area contributed by atoms with Crippen molar-refractivity contribution < 1.29 is 9.59 Å². The van der Waals surface area contributed by atoms with Gasteiger partial charge >= 0.3 is 0 Å². The van der Waals surface area contributed by atoms with Gasteiger partial charge in [0.1, 0.15) is 17.3 Å². The molecular weight excluding hydrogens is 318 g/mol. The second-order valence-corrected chi connectivity index (χ2v) is 6.88. The number of rotatable bonds is 3. The largest absolute Gasteiger partial charge is 0.338 e. The molecule has 1 N–H and O–H groups in total. The third-order valence-corrected chi connectivity index (χ3v) is 5.14. The zero-order valence-corrected chi connectivity index (χ0v) is 14.5. The zero-order valence-electron chi connectivity index (χ0n) is 14.5. The van der Waals surface area contributed by atoms with Crippen LogP contribution in [0, 0.1) is 11.3 Å². The van der Waals surface area contributed by atoms with Gasteiger partial charge in [-0.1, -0.05) is 12.8 Å². The SMILES string of the molecule is CN1CCN(C(=O)C2(NC(=O)c3ccc(C#N)cn3)CCCC2)CC1. The maximum Gasteiger partial charge on any atom is 0.270 e. The first-order valence-corrected chi connectivity index (χ1v) is 8.71. The number of hydrogen-bond acceptors (Lipinski definition) is 5. The van der Waals surface area contributed by atoms with Crippen LogP contribution in [0.15, 0.2) is 18.3 Å². The molecule has 0 spiro atoms. The molecule has 1 aromatic heterocycles. The van der Waals surface area contributed by atoms with Crippen molar-refractivity contribution in [2.45, 2.75) is 31.2 Å². The van der Waals surface area contributed by atoms with E-state index in [0.717, 1.165) is 25.9 Å². The molecule has 0 bridgehead atoms. The number of aromatic nitrogens is 1. The molecule has 1 aromatic rings. The molecule has 2 fully saturated rings. The van der Waals surface area contributed by atoms with Gasteiger partial charge in [0.2, 0.25) is 5.91 Å². The van der Waals surface area contributed by atoms with Crippen molar-refractivity contribution in [3.63, 3.8) is 0 Å². The van der Waals surface area contributed by atoms with Gasteiger partial charge in [-0.3, -0.25) is 9.59 Å². The Morgan fingerprint density at radius 3 is 2.44 bits per heavy atom. The fraction of sp³-hybridized carbons (Fsp3) is 0.556. The van der Waals surface area contributed by atoms with E-state index in [2.05, 4.69) is 15.2 Å². The van der Waals surface area contributed by atoms with E-state index in [0.29, 0.717) is 31.5 Å². The fourth-order valence-electron chi connectivity index (χ4n) is 3.56. The number of nitrogens with one attached hydrogen (secondary N) is 1. The van der Waals surface area contributed by atoms with Crippen LogP contribution in [0.25, 0.3) is 0 Å². The standard InChI is InChI=1S/C18H23N5O2/c1-22-8-10-23(11-9-22)17(25)18(6-2-3-7-18)21-16(24)15-5-4-14(12-19)13-20-15/h4-5,13H,2-3,6-11H2,1H3,(H,21,24). The highest BCUT2D eigenvalue weighted by Gasteiger charge is 2.45. The predicted molar refractivity (Wildman–Crippen MR) is 91.7 cm³/mol. The summed E-state index contributed by atoms with van der Waals surface area (Å²) in [7, 11) is 2.05. The summed E-state index contributed by atoms with van der Waals surface area (Å²) in [4.78, 5) is 33.8. The molecule has 1 aliphatic heterocycles. The molecule has 132 valence electrons. The summed E-state index contributed by atoms with van der Waals surface area (Å²) in [6.45, 7) is 3.10. The van der Waals surface area contributed by atoms with Gasteiger partial charge < -0.3 is 15.1 Å². The molecule has 0 radical (unpaired) electrons. The number of hydrogen-bond donors (Lipinski definition) is 1. The van der Waals surface area contributed by atoms with Gasteiger partial charge in [0.25, 0.3) is 5.91 Å². The molecule has 1 aliphatic carbocycles. The summed E-state index contributed by atoms with van der Waals surface area (Å²) in [5, 5.41) is 11.8. The van der Waals surface area contributed by atoms with Crippen LogP contribution in [-0.2, 0) is 4.79 Å². The van der Waals surface area contributed by atoms with Crippen LogP contribution in [-0.4, -0.2) is 65.4 Å². The van der Waals surface area contributed by atoms with Crippen LogP contribution in [0.4, 0.5) is 0 Å². The maximum absolute atomic E-state index is 13.1. The molecule has 2 heterocycles. The Kier molecular flexibility index (Phi) is 5.00. The van der Waals surface area contributed by atoms with Gasteiger partial charge in [0, 0.05) is 32.4 Å². The Labute approximate surface area is 147 Å². The summed E-state index contributed by atoms with van der Waals surface area (Å²) >= 11 is 0. The van der Waals surface area contributed by atoms with Crippen molar-refractivity contribution >= 4 is 11.8 Å². The quantitative estimate of drug-likeness (QED) is 0.877. The van der Waals surface area contributed by atoms with Gasteiger partial charge in [-0.2, -0.15) is 5.26 Å². The average molecular weight is 341 g/mol. The minimum absolute atomic E-state index is 0.0279. The lowest BCUT2D eigenvalue weighted by Crippen LogP contribution is -2.61. The van der Waals surface area contributed by atoms with Crippen molar-refractivity contribution in [1.82, 2.24) is 20.1 Å². The van der Waals surface area contributed by atoms with E-state index in [1.54, 1.807) is 6.07 Å². The highest BCUT2D eigenvalue weighted by molar-refractivity contribution is 5.98. The average Bonchev–Trinajstić information content (AvgIpc) is 3.11. The number of carbonyl (C=O) groups excluding carboxylic acids is 2. The Morgan fingerprint density at radius 1 is 1.20 bits per heavy atom. The van der Waals surface area contributed by atoms with Crippen molar-refractivity contribution in [3.05, 3.63) is 29.6 Å². The Balaban J connectivity index is 1.74. The third-order valence-electron chi connectivity index (χ3n) is 5.14. The number of nitriles is 1. The molecule has 0 unspecified atom stereocenters. The van der Waals surface area contributed by atoms with Crippen molar-refractivity contribution in [2.24, 2.45) is 0 Å². The van der Waals surface area contributed by atoms with E-state index >= 15 is 0 Å². The lowest BCUT2D eigenvalue weighted by atomic mass is 9.94. The van der Waals surface area contributed by atoms with Gasteiger partial charge in [-0.15, -0.1) is 0 Å². The number of likely N-dealkylation sites (N-methyl/N-ethyl adjacent to an activating group) is 1. The number of piperazine rings is 1. The molecule has 7 heteroatoms. The normalized spacial score (nSPS) is 20.1. The van der Waals surface area contributed by atoms with Gasteiger partial charge in [0.05, 0.1) is 5.56 Å². The molecule has 0 atom stereocenters. The minimum atomic E-state index is -0.817. The molecule has 0 aromatic carbocycles. The lowest BCUT2D eigenvalue weighted by Gasteiger charge is -2.39. The van der Waals surface area contributed by atoms with Crippen LogP contribution < -0.4 is 5.32 Å². The first-order chi connectivity index (χ1) is 12.0. The smallest absolute Gasteiger partial charge is 0.270 e. The Morgan fingerprint density at radius 2 is 1.88 bits per heavy atom. The van der Waals surface area contributed by atoms with Crippen molar-refractivity contribution in [2.75, 3.05) is 33.2 Å². The second-order valence-electron chi connectivity index (χ2n) is 6.88. The van der Waals surface area contributed by atoms with Crippen LogP contribution in [0.1, 0.15) is 41.7 Å². The maximum atomic E-state index is 13.1. The van der Waals surface area contributed by atoms with Crippen LogP contribution in [0.5, 0.6) is 0 Å². The summed E-state index contributed by atoms with van der Waals surface area (Å²) in [5.74, 6) is -0.325. The van der Waals surface area contributed by atoms with Gasteiger partial charge in [-0.05, 0) is 32.0 Å². The van der Waals surface area contributed by atoms with Crippen LogP contribution >= 0.6 is 0 Å². The van der Waals surface area contributed by atoms with Crippen molar-refractivity contribution in [3.8, 4) is 6.07 Å². The van der Waals surface area contributed by atoms with E-state index in [-0.39, 0.29) is 17.5 Å². The second kappa shape index (κ2) is 7.19. The van der Waals surface area contributed by atoms with E-state index < -0.39 is 5.54 Å². The summed E-state index contributed by atoms with van der Waals surface area (Å²) in [6.07, 6.45) is 4.57. The first-order valence-electron chi connectivity index (χ1n) is 8.71. The molecule has 25 heavy (non-hydrogen) atoms. The summed E-state index contributed by atoms with van der Waals surface area (Å²) in [5.41, 5.74) is -0.181. The number of carbonyl (C=O) groups is 2. The highest BCUT2D eigenvalue weighted by Crippen LogP contribution is 2.32. The number of nitrogens with zero attached hydrogens (tertiary/aromatic N) is 4. The van der Waals surface area contributed by atoms with E-state index in [4.69, 9.17) is 5.26 Å². The molecule has 1 saturated heterocycles. The lowest BCUT2D eigenvalue weighted by molar-refractivity contribution is -0.139. The van der Waals surface area contributed by atoms with E-state index in [1.165, 1.54) is 12.3 Å². The highest BCUT2D eigenvalue weighted by atomic mass is 16.2. The molecule has 2 aliphatic rings. The summed E-state index contributed by atoms with van der Waals surface area (Å²) in [6, 6.07) is 5.07.